The monoisotopic (exact) mass is 267 g/mol. The molecule has 0 unspecified atom stereocenters. The number of rotatable bonds is 6. The standard InChI is InChI=1S/C14H22FN3O/c1-4-18(12-8-6-5-7-11(12)15)10-9-14(2,3)13(16)17-19/h5-8,19H,4,9-10H2,1-3H3,(H2,16,17). The molecule has 5 heteroatoms. The third kappa shape index (κ3) is 3.84. The van der Waals surface area contributed by atoms with E-state index in [1.54, 1.807) is 12.1 Å². The number of para-hydroxylation sites is 1. The first kappa shape index (κ1) is 15.3. The Morgan fingerprint density at radius 2 is 2.05 bits per heavy atom. The Balaban J connectivity index is 2.77. The lowest BCUT2D eigenvalue weighted by Crippen LogP contribution is -2.36. The van der Waals surface area contributed by atoms with E-state index in [0.717, 1.165) is 0 Å². The molecule has 4 nitrogen and oxygen atoms in total. The van der Waals surface area contributed by atoms with Crippen LogP contribution in [0.5, 0.6) is 0 Å². The number of anilines is 1. The zero-order chi connectivity index (χ0) is 14.5. The van der Waals surface area contributed by atoms with E-state index in [1.807, 2.05) is 31.7 Å². The SMILES string of the molecule is CCN(CCC(C)(C)C(N)=NO)c1ccccc1F. The second-order valence-electron chi connectivity index (χ2n) is 5.15. The number of hydrogen-bond acceptors (Lipinski definition) is 3. The van der Waals surface area contributed by atoms with E-state index in [1.165, 1.54) is 6.07 Å². The number of oxime groups is 1. The summed E-state index contributed by atoms with van der Waals surface area (Å²) >= 11 is 0. The van der Waals surface area contributed by atoms with Gasteiger partial charge in [-0.1, -0.05) is 31.1 Å². The molecule has 0 heterocycles. The first-order valence-electron chi connectivity index (χ1n) is 6.40. The minimum atomic E-state index is -0.423. The van der Waals surface area contributed by atoms with E-state index in [0.29, 0.717) is 25.2 Å². The maximum absolute atomic E-state index is 13.7. The highest BCUT2D eigenvalue weighted by atomic mass is 19.1. The van der Waals surface area contributed by atoms with Gasteiger partial charge in [0.2, 0.25) is 0 Å². The van der Waals surface area contributed by atoms with Crippen LogP contribution in [0.25, 0.3) is 0 Å². The minimum Gasteiger partial charge on any atom is -0.409 e. The first-order chi connectivity index (χ1) is 8.92. The number of hydrogen-bond donors (Lipinski definition) is 2. The van der Waals surface area contributed by atoms with Gasteiger partial charge in [-0.05, 0) is 25.5 Å². The molecule has 0 saturated carbocycles. The average molecular weight is 267 g/mol. The van der Waals surface area contributed by atoms with E-state index in [4.69, 9.17) is 10.9 Å². The fourth-order valence-electron chi connectivity index (χ4n) is 1.83. The fraction of sp³-hybridized carbons (Fsp3) is 0.500. The van der Waals surface area contributed by atoms with Gasteiger partial charge in [0.15, 0.2) is 0 Å². The molecule has 0 fully saturated rings. The van der Waals surface area contributed by atoms with Crippen molar-refractivity contribution in [2.45, 2.75) is 27.2 Å². The molecule has 106 valence electrons. The maximum Gasteiger partial charge on any atom is 0.146 e. The molecule has 3 N–H and O–H groups in total. The summed E-state index contributed by atoms with van der Waals surface area (Å²) in [6.07, 6.45) is 0.672. The molecule has 0 saturated heterocycles. The normalized spacial score (nSPS) is 12.5. The van der Waals surface area contributed by atoms with Crippen molar-refractivity contribution in [1.29, 1.82) is 0 Å². The number of halogens is 1. The van der Waals surface area contributed by atoms with Crippen LogP contribution in [0, 0.1) is 11.2 Å². The van der Waals surface area contributed by atoms with Gasteiger partial charge in [-0.15, -0.1) is 0 Å². The lowest BCUT2D eigenvalue weighted by atomic mass is 9.88. The molecule has 0 aliphatic heterocycles. The molecule has 0 bridgehead atoms. The molecule has 19 heavy (non-hydrogen) atoms. The Bertz CT molecular complexity index is 446. The third-order valence-electron chi connectivity index (χ3n) is 3.38. The zero-order valence-electron chi connectivity index (χ0n) is 11.7. The van der Waals surface area contributed by atoms with Crippen LogP contribution >= 0.6 is 0 Å². The Kier molecular flexibility index (Phi) is 5.15. The van der Waals surface area contributed by atoms with Crippen molar-refractivity contribution >= 4 is 11.5 Å². The molecular weight excluding hydrogens is 245 g/mol. The molecule has 1 aromatic rings. The molecule has 0 aromatic heterocycles. The lowest BCUT2D eigenvalue weighted by molar-refractivity contribution is 0.305. The minimum absolute atomic E-state index is 0.192. The van der Waals surface area contributed by atoms with Crippen LogP contribution in [0.2, 0.25) is 0 Å². The van der Waals surface area contributed by atoms with Gasteiger partial charge in [-0.2, -0.15) is 0 Å². The smallest absolute Gasteiger partial charge is 0.146 e. The molecule has 0 radical (unpaired) electrons. The molecule has 0 spiro atoms. The van der Waals surface area contributed by atoms with Crippen LogP contribution in [0.15, 0.2) is 29.4 Å². The number of nitrogens with two attached hydrogens (primary N) is 1. The summed E-state index contributed by atoms with van der Waals surface area (Å²) in [4.78, 5) is 1.95. The van der Waals surface area contributed by atoms with Gasteiger partial charge in [-0.3, -0.25) is 0 Å². The van der Waals surface area contributed by atoms with Gasteiger partial charge in [-0.25, -0.2) is 4.39 Å². The van der Waals surface area contributed by atoms with Crippen molar-refractivity contribution in [3.05, 3.63) is 30.1 Å². The second kappa shape index (κ2) is 6.41. The summed E-state index contributed by atoms with van der Waals surface area (Å²) in [5.74, 6) is -0.0389. The van der Waals surface area contributed by atoms with Crippen LogP contribution in [0.1, 0.15) is 27.2 Å². The second-order valence-corrected chi connectivity index (χ2v) is 5.15. The summed E-state index contributed by atoms with van der Waals surface area (Å²) in [7, 11) is 0. The van der Waals surface area contributed by atoms with Gasteiger partial charge < -0.3 is 15.8 Å². The number of benzene rings is 1. The Morgan fingerprint density at radius 1 is 1.42 bits per heavy atom. The molecule has 0 aliphatic carbocycles. The van der Waals surface area contributed by atoms with Crippen molar-refractivity contribution in [1.82, 2.24) is 0 Å². The largest absolute Gasteiger partial charge is 0.409 e. The van der Waals surface area contributed by atoms with Crippen molar-refractivity contribution in [3.63, 3.8) is 0 Å². The molecular formula is C14H22FN3O. The van der Waals surface area contributed by atoms with Crippen LogP contribution < -0.4 is 10.6 Å². The van der Waals surface area contributed by atoms with Gasteiger partial charge in [0, 0.05) is 18.5 Å². The number of amidine groups is 1. The molecule has 1 aromatic carbocycles. The summed E-state index contributed by atoms with van der Waals surface area (Å²) in [5, 5.41) is 11.8. The van der Waals surface area contributed by atoms with E-state index >= 15 is 0 Å². The van der Waals surface area contributed by atoms with E-state index in [9.17, 15) is 4.39 Å². The van der Waals surface area contributed by atoms with Gasteiger partial charge >= 0.3 is 0 Å². The summed E-state index contributed by atoms with van der Waals surface area (Å²) in [6, 6.07) is 6.70. The first-order valence-corrected chi connectivity index (χ1v) is 6.40. The summed E-state index contributed by atoms with van der Waals surface area (Å²) in [6.45, 7) is 7.12. The molecule has 0 aliphatic rings. The quantitative estimate of drug-likeness (QED) is 0.360. The topological polar surface area (TPSA) is 61.8 Å². The van der Waals surface area contributed by atoms with Crippen LogP contribution in [-0.4, -0.2) is 24.1 Å². The van der Waals surface area contributed by atoms with Crippen molar-refractivity contribution < 1.29 is 9.60 Å². The van der Waals surface area contributed by atoms with Crippen LogP contribution in [-0.2, 0) is 0 Å². The van der Waals surface area contributed by atoms with Gasteiger partial charge in [0.1, 0.15) is 11.7 Å². The van der Waals surface area contributed by atoms with E-state index < -0.39 is 5.41 Å². The van der Waals surface area contributed by atoms with E-state index in [2.05, 4.69) is 5.16 Å². The predicted octanol–water partition coefficient (Wildman–Crippen LogP) is 2.81. The van der Waals surface area contributed by atoms with Crippen LogP contribution in [0.3, 0.4) is 0 Å². The molecule has 0 amide bonds. The Labute approximate surface area is 113 Å². The fourth-order valence-corrected chi connectivity index (χ4v) is 1.83. The molecule has 0 atom stereocenters. The average Bonchev–Trinajstić information content (AvgIpc) is 2.40. The number of nitrogens with zero attached hydrogens (tertiary/aromatic N) is 2. The summed E-state index contributed by atoms with van der Waals surface area (Å²) in [5.41, 5.74) is 5.81. The van der Waals surface area contributed by atoms with E-state index in [-0.39, 0.29) is 11.7 Å². The Hall–Kier alpha value is -1.78. The predicted molar refractivity (Wildman–Crippen MR) is 76.1 cm³/mol. The third-order valence-corrected chi connectivity index (χ3v) is 3.38. The van der Waals surface area contributed by atoms with Gasteiger partial charge in [0.25, 0.3) is 0 Å². The van der Waals surface area contributed by atoms with Gasteiger partial charge in [0.05, 0.1) is 5.69 Å². The van der Waals surface area contributed by atoms with Crippen molar-refractivity contribution in [3.8, 4) is 0 Å². The lowest BCUT2D eigenvalue weighted by Gasteiger charge is -2.29. The van der Waals surface area contributed by atoms with Crippen LogP contribution in [0.4, 0.5) is 10.1 Å². The highest BCUT2D eigenvalue weighted by molar-refractivity contribution is 5.85. The van der Waals surface area contributed by atoms with Crippen molar-refractivity contribution in [2.24, 2.45) is 16.3 Å². The maximum atomic E-state index is 13.7. The van der Waals surface area contributed by atoms with Crippen molar-refractivity contribution in [2.75, 3.05) is 18.0 Å². The Morgan fingerprint density at radius 3 is 2.58 bits per heavy atom. The highest BCUT2D eigenvalue weighted by Gasteiger charge is 2.24. The zero-order valence-corrected chi connectivity index (χ0v) is 11.7. The highest BCUT2D eigenvalue weighted by Crippen LogP contribution is 2.24. The molecule has 1 rings (SSSR count). The summed E-state index contributed by atoms with van der Waals surface area (Å²) < 4.78 is 13.7.